The molecule has 0 spiro atoms. The summed E-state index contributed by atoms with van der Waals surface area (Å²) in [6, 6.07) is 3.77. The van der Waals surface area contributed by atoms with Gasteiger partial charge in [0.15, 0.2) is 0 Å². The van der Waals surface area contributed by atoms with E-state index >= 15 is 0 Å². The molecule has 2 aromatic rings. The van der Waals surface area contributed by atoms with Gasteiger partial charge in [-0.05, 0) is 36.9 Å². The van der Waals surface area contributed by atoms with Crippen LogP contribution in [0.2, 0.25) is 0 Å². The second-order valence-electron chi connectivity index (χ2n) is 3.50. The molecule has 2 heterocycles. The van der Waals surface area contributed by atoms with Crippen LogP contribution in [0.1, 0.15) is 25.0 Å². The first-order chi connectivity index (χ1) is 7.63. The van der Waals surface area contributed by atoms with Crippen LogP contribution in [0, 0.1) is 13.8 Å². The van der Waals surface area contributed by atoms with E-state index in [0.717, 1.165) is 4.88 Å². The molecule has 0 aliphatic rings. The van der Waals surface area contributed by atoms with Crippen LogP contribution in [0.25, 0.3) is 0 Å². The average Bonchev–Trinajstić information content (AvgIpc) is 2.85. The van der Waals surface area contributed by atoms with Crippen molar-refractivity contribution in [1.82, 2.24) is 0 Å². The van der Waals surface area contributed by atoms with Crippen molar-refractivity contribution in [2.45, 2.75) is 13.8 Å². The highest BCUT2D eigenvalue weighted by molar-refractivity contribution is 7.17. The van der Waals surface area contributed by atoms with E-state index in [1.165, 1.54) is 21.8 Å². The Morgan fingerprint density at radius 3 is 2.69 bits per heavy atom. The molecule has 0 radical (unpaired) electrons. The zero-order valence-corrected chi connectivity index (χ0v) is 11.0. The van der Waals surface area contributed by atoms with Crippen molar-refractivity contribution in [3.05, 3.63) is 37.7 Å². The number of ether oxygens (including phenoxy) is 1. The van der Waals surface area contributed by atoms with E-state index in [1.807, 2.05) is 31.4 Å². The molecule has 0 aliphatic carbocycles. The van der Waals surface area contributed by atoms with Crippen LogP contribution in [0.4, 0.5) is 0 Å². The molecular formula is C12H12O2S2. The number of hydrogen-bond acceptors (Lipinski definition) is 4. The first-order valence-corrected chi connectivity index (χ1v) is 6.56. The van der Waals surface area contributed by atoms with Crippen molar-refractivity contribution in [2.75, 3.05) is 7.11 Å². The molecule has 2 aromatic heterocycles. The van der Waals surface area contributed by atoms with E-state index in [0.29, 0.717) is 10.6 Å². The molecule has 0 amide bonds. The minimum atomic E-state index is 0.0630. The van der Waals surface area contributed by atoms with E-state index in [9.17, 15) is 4.79 Å². The third-order valence-corrected chi connectivity index (χ3v) is 4.49. The molecule has 2 nitrogen and oxygen atoms in total. The maximum atomic E-state index is 12.2. The molecule has 0 atom stereocenters. The van der Waals surface area contributed by atoms with Crippen molar-refractivity contribution in [3.8, 4) is 5.75 Å². The molecule has 4 heteroatoms. The average molecular weight is 252 g/mol. The number of thiophene rings is 2. The third kappa shape index (κ3) is 1.90. The summed E-state index contributed by atoms with van der Waals surface area (Å²) in [4.78, 5) is 14.9. The van der Waals surface area contributed by atoms with Crippen molar-refractivity contribution >= 4 is 28.5 Å². The van der Waals surface area contributed by atoms with Crippen LogP contribution < -0.4 is 4.74 Å². The van der Waals surface area contributed by atoms with E-state index in [4.69, 9.17) is 4.74 Å². The van der Waals surface area contributed by atoms with Gasteiger partial charge in [0.05, 0.1) is 12.0 Å². The van der Waals surface area contributed by atoms with E-state index in [-0.39, 0.29) is 5.78 Å². The molecule has 0 saturated heterocycles. The molecule has 0 N–H and O–H groups in total. The summed E-state index contributed by atoms with van der Waals surface area (Å²) in [7, 11) is 1.59. The number of ketones is 1. The topological polar surface area (TPSA) is 26.3 Å². The van der Waals surface area contributed by atoms with Crippen LogP contribution >= 0.6 is 22.7 Å². The Morgan fingerprint density at radius 2 is 2.12 bits per heavy atom. The van der Waals surface area contributed by atoms with E-state index in [1.54, 1.807) is 18.4 Å². The summed E-state index contributed by atoms with van der Waals surface area (Å²) < 4.78 is 5.16. The summed E-state index contributed by atoms with van der Waals surface area (Å²) in [6.07, 6.45) is 0. The standard InChI is InChI=1S/C12H12O2S2/c1-7-6-10(16-8(7)2)11(13)12-9(14-3)4-5-15-12/h4-6H,1-3H3. The summed E-state index contributed by atoms with van der Waals surface area (Å²) in [5.74, 6) is 0.728. The molecule has 0 aromatic carbocycles. The quantitative estimate of drug-likeness (QED) is 0.779. The van der Waals surface area contributed by atoms with E-state index in [2.05, 4.69) is 0 Å². The first-order valence-electron chi connectivity index (χ1n) is 4.86. The highest BCUT2D eigenvalue weighted by Crippen LogP contribution is 2.30. The summed E-state index contributed by atoms with van der Waals surface area (Å²) in [5, 5.41) is 1.87. The highest BCUT2D eigenvalue weighted by Gasteiger charge is 2.18. The van der Waals surface area contributed by atoms with Gasteiger partial charge in [0, 0.05) is 4.88 Å². The lowest BCUT2D eigenvalue weighted by molar-refractivity contribution is 0.104. The minimum Gasteiger partial charge on any atom is -0.495 e. The first kappa shape index (κ1) is 11.4. The van der Waals surface area contributed by atoms with Crippen LogP contribution in [-0.4, -0.2) is 12.9 Å². The normalized spacial score (nSPS) is 10.4. The highest BCUT2D eigenvalue weighted by atomic mass is 32.1. The Balaban J connectivity index is 2.39. The number of carbonyl (C=O) groups is 1. The van der Waals surface area contributed by atoms with Gasteiger partial charge >= 0.3 is 0 Å². The van der Waals surface area contributed by atoms with Gasteiger partial charge in [-0.2, -0.15) is 0 Å². The Kier molecular flexibility index (Phi) is 3.12. The van der Waals surface area contributed by atoms with Gasteiger partial charge in [0.2, 0.25) is 5.78 Å². The smallest absolute Gasteiger partial charge is 0.216 e. The fourth-order valence-electron chi connectivity index (χ4n) is 1.42. The number of aryl methyl sites for hydroxylation is 2. The summed E-state index contributed by atoms with van der Waals surface area (Å²) in [6.45, 7) is 4.05. The van der Waals surface area contributed by atoms with Crippen molar-refractivity contribution in [1.29, 1.82) is 0 Å². The second kappa shape index (κ2) is 4.39. The molecule has 0 aliphatic heterocycles. The van der Waals surface area contributed by atoms with Gasteiger partial charge in [0.1, 0.15) is 10.6 Å². The lowest BCUT2D eigenvalue weighted by Crippen LogP contribution is -1.97. The predicted molar refractivity (Wildman–Crippen MR) is 68.1 cm³/mol. The second-order valence-corrected chi connectivity index (χ2v) is 5.67. The lowest BCUT2D eigenvalue weighted by atomic mass is 10.2. The SMILES string of the molecule is COc1ccsc1C(=O)c1cc(C)c(C)s1. The molecule has 0 saturated carbocycles. The molecule has 16 heavy (non-hydrogen) atoms. The fourth-order valence-corrected chi connectivity index (χ4v) is 3.28. The lowest BCUT2D eigenvalue weighted by Gasteiger charge is -1.99. The van der Waals surface area contributed by atoms with Gasteiger partial charge in [-0.1, -0.05) is 0 Å². The largest absolute Gasteiger partial charge is 0.495 e. The monoisotopic (exact) mass is 252 g/mol. The molecule has 0 unspecified atom stereocenters. The molecule has 0 bridgehead atoms. The molecular weight excluding hydrogens is 240 g/mol. The van der Waals surface area contributed by atoms with Crippen molar-refractivity contribution in [2.24, 2.45) is 0 Å². The maximum Gasteiger partial charge on any atom is 0.216 e. The Bertz CT molecular complexity index is 503. The van der Waals surface area contributed by atoms with Crippen molar-refractivity contribution < 1.29 is 9.53 Å². The van der Waals surface area contributed by atoms with Crippen molar-refractivity contribution in [3.63, 3.8) is 0 Å². The van der Waals surface area contributed by atoms with Gasteiger partial charge in [-0.15, -0.1) is 22.7 Å². The van der Waals surface area contributed by atoms with Gasteiger partial charge in [-0.25, -0.2) is 0 Å². The number of rotatable bonds is 3. The fraction of sp³-hybridized carbons (Fsp3) is 0.250. The number of hydrogen-bond donors (Lipinski definition) is 0. The zero-order chi connectivity index (χ0) is 11.7. The maximum absolute atomic E-state index is 12.2. The Morgan fingerprint density at radius 1 is 1.38 bits per heavy atom. The van der Waals surface area contributed by atoms with Gasteiger partial charge in [-0.3, -0.25) is 4.79 Å². The number of methoxy groups -OCH3 is 1. The molecule has 2 rings (SSSR count). The predicted octanol–water partition coefficient (Wildman–Crippen LogP) is 3.67. The van der Waals surface area contributed by atoms with Crippen LogP contribution in [-0.2, 0) is 0 Å². The molecule has 84 valence electrons. The van der Waals surface area contributed by atoms with Crippen LogP contribution in [0.5, 0.6) is 5.75 Å². The van der Waals surface area contributed by atoms with Gasteiger partial charge in [0.25, 0.3) is 0 Å². The van der Waals surface area contributed by atoms with Crippen LogP contribution in [0.15, 0.2) is 17.5 Å². The zero-order valence-electron chi connectivity index (χ0n) is 9.37. The molecule has 0 fully saturated rings. The Labute approximate surface area is 103 Å². The summed E-state index contributed by atoms with van der Waals surface area (Å²) >= 11 is 2.97. The minimum absolute atomic E-state index is 0.0630. The number of carbonyl (C=O) groups excluding carboxylic acids is 1. The van der Waals surface area contributed by atoms with Gasteiger partial charge < -0.3 is 4.74 Å². The van der Waals surface area contributed by atoms with Crippen LogP contribution in [0.3, 0.4) is 0 Å². The summed E-state index contributed by atoms with van der Waals surface area (Å²) in [5.41, 5.74) is 1.17. The third-order valence-electron chi connectivity index (χ3n) is 2.45. The Hall–Kier alpha value is -1.13. The van der Waals surface area contributed by atoms with E-state index < -0.39 is 0 Å².